The van der Waals surface area contributed by atoms with Crippen molar-refractivity contribution in [2.75, 3.05) is 0 Å². The predicted octanol–water partition coefficient (Wildman–Crippen LogP) is -4.52. The van der Waals surface area contributed by atoms with E-state index in [0.29, 0.717) is 0 Å². The predicted molar refractivity (Wildman–Crippen MR) is 43.0 cm³/mol. The van der Waals surface area contributed by atoms with E-state index >= 15 is 0 Å². The molecule has 0 aromatic carbocycles. The molecule has 0 radical (unpaired) electrons. The van der Waals surface area contributed by atoms with Gasteiger partial charge in [-0.15, -0.1) is 0 Å². The molecular weight excluding hydrogens is 543 g/mol. The van der Waals surface area contributed by atoms with Crippen LogP contribution in [0.25, 0.3) is 0 Å². The molecule has 0 bridgehead atoms. The van der Waals surface area contributed by atoms with Gasteiger partial charge in [0, 0.05) is 97.4 Å². The van der Waals surface area contributed by atoms with Crippen molar-refractivity contribution in [2.45, 2.75) is 0 Å². The topological polar surface area (TPSA) is 304 Å². The van der Waals surface area contributed by atoms with Gasteiger partial charge in [-0.2, -0.15) is 0 Å². The maximum absolute atomic E-state index is 8.56. The van der Waals surface area contributed by atoms with Crippen LogP contribution in [0.2, 0.25) is 0 Å². The summed E-state index contributed by atoms with van der Waals surface area (Å²) < 4.78 is 0. The van der Waals surface area contributed by atoms with Crippen molar-refractivity contribution < 1.29 is 160 Å². The van der Waals surface area contributed by atoms with E-state index in [2.05, 4.69) is 0 Å². The quantitative estimate of drug-likeness (QED) is 0.212. The van der Waals surface area contributed by atoms with Crippen molar-refractivity contribution in [3.8, 4) is 0 Å². The zero-order valence-electron chi connectivity index (χ0n) is 10.1. The van der Waals surface area contributed by atoms with Crippen LogP contribution in [0.3, 0.4) is 0 Å². The zero-order chi connectivity index (χ0) is 7.15. The molecule has 0 atom stereocenters. The minimum Gasteiger partial charge on any atom is -0.450 e. The monoisotopic (exact) mass is 552 g/mol. The average molecular weight is 559 g/mol. The normalized spacial score (nSPS) is 2.53. The Morgan fingerprint density at radius 1 is 0.421 bits per heavy atom. The van der Waals surface area contributed by atoms with Gasteiger partial charge in [-0.25, -0.2) is 9.59 Å². The van der Waals surface area contributed by atoms with Crippen LogP contribution >= 0.6 is 0 Å². The van der Waals surface area contributed by atoms with Crippen LogP contribution in [-0.4, -0.2) is 65.6 Å². The Morgan fingerprint density at radius 3 is 0.421 bits per heavy atom. The first kappa shape index (κ1) is 140. The van der Waals surface area contributed by atoms with Crippen molar-refractivity contribution in [3.63, 3.8) is 0 Å². The van der Waals surface area contributed by atoms with Crippen LogP contribution in [0.15, 0.2) is 0 Å². The van der Waals surface area contributed by atoms with E-state index in [1.54, 1.807) is 0 Å². The standard InChI is InChI=1S/2CH2O3.6H2O.5Zn/c2*2-1(3)4;;;;;;;;;;;/h2*(H2,2,3,4);6*1H2;;;;;. The van der Waals surface area contributed by atoms with E-state index in [1.165, 1.54) is 0 Å². The Labute approximate surface area is 171 Å². The summed E-state index contributed by atoms with van der Waals surface area (Å²) in [4.78, 5) is 17.1. The molecule has 0 saturated heterocycles. The molecule has 0 fully saturated rings. The summed E-state index contributed by atoms with van der Waals surface area (Å²) in [6.07, 6.45) is -3.67. The maximum atomic E-state index is 8.56. The number of carbonyl (C=O) groups is 2. The average Bonchev–Trinajstić information content (AvgIpc) is 1.25. The molecule has 0 aliphatic rings. The van der Waals surface area contributed by atoms with E-state index < -0.39 is 12.3 Å². The summed E-state index contributed by atoms with van der Waals surface area (Å²) in [5.74, 6) is 0. The third kappa shape index (κ3) is 2930. The zero-order valence-corrected chi connectivity index (χ0v) is 25.0. The van der Waals surface area contributed by atoms with E-state index in [4.69, 9.17) is 30.0 Å². The molecule has 16 N–H and O–H groups in total. The van der Waals surface area contributed by atoms with Gasteiger partial charge < -0.3 is 53.3 Å². The van der Waals surface area contributed by atoms with E-state index in [-0.39, 0.29) is 130 Å². The molecule has 0 amide bonds. The molecule has 0 saturated carbocycles. The van der Waals surface area contributed by atoms with Crippen LogP contribution in [0, 0.1) is 0 Å². The summed E-state index contributed by atoms with van der Waals surface area (Å²) in [7, 11) is 0. The molecule has 19 heavy (non-hydrogen) atoms. The van der Waals surface area contributed by atoms with Crippen molar-refractivity contribution in [3.05, 3.63) is 0 Å². The van der Waals surface area contributed by atoms with Gasteiger partial charge in [-0.1, -0.05) is 0 Å². The third-order valence-electron chi connectivity index (χ3n) is 0. The van der Waals surface area contributed by atoms with E-state index in [0.717, 1.165) is 0 Å². The molecule has 0 spiro atoms. The summed E-state index contributed by atoms with van der Waals surface area (Å²) >= 11 is 0. The molecule has 0 aromatic rings. The fourth-order valence-electron chi connectivity index (χ4n) is 0. The Balaban J connectivity index is -0.00000000218. The first-order valence-electron chi connectivity index (χ1n) is 1.30. The van der Waals surface area contributed by atoms with Gasteiger partial charge in [-0.05, 0) is 0 Å². The van der Waals surface area contributed by atoms with Gasteiger partial charge >= 0.3 is 12.3 Å². The Kier molecular flexibility index (Phi) is 882. The molecule has 12 nitrogen and oxygen atoms in total. The van der Waals surface area contributed by atoms with Gasteiger partial charge in [-0.3, -0.25) is 0 Å². The summed E-state index contributed by atoms with van der Waals surface area (Å²) in [5, 5.41) is 27.9. The van der Waals surface area contributed by atoms with Crippen LogP contribution in [0.1, 0.15) is 0 Å². The van der Waals surface area contributed by atoms with Gasteiger partial charge in [0.2, 0.25) is 0 Å². The second-order valence-corrected chi connectivity index (χ2v) is 0.565. The first-order chi connectivity index (χ1) is 3.46. The SMILES string of the molecule is O.O.O.O.O.O.O=C(O)O.O=C(O)O.[Zn].[Zn].[Zn].[Zn].[Zn]. The van der Waals surface area contributed by atoms with Gasteiger partial charge in [0.15, 0.2) is 0 Å². The third-order valence-corrected chi connectivity index (χ3v) is 0. The fraction of sp³-hybridized carbons (Fsp3) is 0. The first-order valence-corrected chi connectivity index (χ1v) is 1.30. The molecule has 0 rings (SSSR count). The number of hydrogen-bond acceptors (Lipinski definition) is 2. The summed E-state index contributed by atoms with van der Waals surface area (Å²) in [6, 6.07) is 0. The van der Waals surface area contributed by atoms with Gasteiger partial charge in [0.05, 0.1) is 0 Å². The molecular formula is C2H16O12Zn5. The van der Waals surface area contributed by atoms with Crippen molar-refractivity contribution in [2.24, 2.45) is 0 Å². The molecule has 106 valence electrons. The van der Waals surface area contributed by atoms with Gasteiger partial charge in [0.25, 0.3) is 0 Å². The van der Waals surface area contributed by atoms with Crippen molar-refractivity contribution in [1.82, 2.24) is 0 Å². The largest absolute Gasteiger partial charge is 0.503 e. The van der Waals surface area contributed by atoms with Crippen LogP contribution in [0.4, 0.5) is 9.59 Å². The molecule has 0 aliphatic carbocycles. The molecule has 0 aliphatic heterocycles. The molecule has 0 aromatic heterocycles. The summed E-state index contributed by atoms with van der Waals surface area (Å²) in [6.45, 7) is 0. The van der Waals surface area contributed by atoms with Crippen molar-refractivity contribution in [1.29, 1.82) is 0 Å². The number of hydrogen-bond donors (Lipinski definition) is 4. The fourth-order valence-corrected chi connectivity index (χ4v) is 0. The molecule has 17 heteroatoms. The summed E-state index contributed by atoms with van der Waals surface area (Å²) in [5.41, 5.74) is 0. The van der Waals surface area contributed by atoms with Crippen molar-refractivity contribution >= 4 is 12.3 Å². The van der Waals surface area contributed by atoms with E-state index in [9.17, 15) is 0 Å². The van der Waals surface area contributed by atoms with Crippen LogP contribution in [-0.2, 0) is 97.4 Å². The number of carboxylic acid groups (broad SMARTS) is 4. The Hall–Kier alpha value is 1.42. The Morgan fingerprint density at radius 2 is 0.421 bits per heavy atom. The second-order valence-electron chi connectivity index (χ2n) is 0.565. The molecule has 0 unspecified atom stereocenters. The maximum Gasteiger partial charge on any atom is 0.503 e. The Bertz CT molecular complexity index is 82.1. The van der Waals surface area contributed by atoms with Crippen LogP contribution in [0.5, 0.6) is 0 Å². The smallest absolute Gasteiger partial charge is 0.450 e. The minimum atomic E-state index is -1.83. The van der Waals surface area contributed by atoms with Gasteiger partial charge in [0.1, 0.15) is 0 Å². The van der Waals surface area contributed by atoms with E-state index in [1.807, 2.05) is 0 Å². The molecule has 0 heterocycles. The minimum absolute atomic E-state index is 0. The number of rotatable bonds is 0. The second kappa shape index (κ2) is 120. The van der Waals surface area contributed by atoms with Crippen LogP contribution < -0.4 is 0 Å².